The van der Waals surface area contributed by atoms with E-state index in [1.54, 1.807) is 12.5 Å². The molecule has 0 N–H and O–H groups in total. The summed E-state index contributed by atoms with van der Waals surface area (Å²) in [6.45, 7) is 1.76. The molecule has 0 aliphatic carbocycles. The van der Waals surface area contributed by atoms with Gasteiger partial charge in [-0.15, -0.1) is 0 Å². The van der Waals surface area contributed by atoms with E-state index in [4.69, 9.17) is 13.9 Å². The van der Waals surface area contributed by atoms with Crippen LogP contribution in [-0.4, -0.2) is 18.2 Å². The lowest BCUT2D eigenvalue weighted by atomic mass is 10.4. The largest absolute Gasteiger partial charge is 0.478 e. The van der Waals surface area contributed by atoms with E-state index in [0.29, 0.717) is 25.7 Å². The Labute approximate surface area is 100 Å². The highest BCUT2D eigenvalue weighted by molar-refractivity contribution is 5.08. The quantitative estimate of drug-likeness (QED) is 0.690. The minimum atomic E-state index is 0.511. The maximum absolute atomic E-state index is 5.43. The number of nitrogens with zero attached hydrogens (tertiary/aromatic N) is 1. The van der Waals surface area contributed by atoms with E-state index in [0.717, 1.165) is 12.2 Å². The van der Waals surface area contributed by atoms with Crippen LogP contribution in [-0.2, 0) is 11.3 Å². The Morgan fingerprint density at radius 3 is 2.88 bits per heavy atom. The third kappa shape index (κ3) is 4.28. The van der Waals surface area contributed by atoms with Crippen LogP contribution in [0.5, 0.6) is 5.88 Å². The average Bonchev–Trinajstić information content (AvgIpc) is 2.88. The Kier molecular flexibility index (Phi) is 4.60. The van der Waals surface area contributed by atoms with Crippen molar-refractivity contribution >= 4 is 0 Å². The second-order valence-electron chi connectivity index (χ2n) is 3.50. The first-order valence-corrected chi connectivity index (χ1v) is 5.59. The van der Waals surface area contributed by atoms with Crippen molar-refractivity contribution in [2.75, 3.05) is 13.2 Å². The molecular formula is C13H15NO3. The monoisotopic (exact) mass is 233 g/mol. The molecular weight excluding hydrogens is 218 g/mol. The minimum absolute atomic E-state index is 0.511. The van der Waals surface area contributed by atoms with E-state index >= 15 is 0 Å². The van der Waals surface area contributed by atoms with Gasteiger partial charge in [-0.25, -0.2) is 4.98 Å². The summed E-state index contributed by atoms with van der Waals surface area (Å²) >= 11 is 0. The summed E-state index contributed by atoms with van der Waals surface area (Å²) in [5.41, 5.74) is 0. The fraction of sp³-hybridized carbons (Fsp3) is 0.308. The first-order chi connectivity index (χ1) is 8.45. The lowest BCUT2D eigenvalue weighted by Gasteiger charge is -2.04. The van der Waals surface area contributed by atoms with Gasteiger partial charge in [-0.3, -0.25) is 0 Å². The molecule has 0 bridgehead atoms. The van der Waals surface area contributed by atoms with Gasteiger partial charge in [0.15, 0.2) is 0 Å². The summed E-state index contributed by atoms with van der Waals surface area (Å²) in [6.07, 6.45) is 4.18. The zero-order valence-corrected chi connectivity index (χ0v) is 9.54. The summed E-state index contributed by atoms with van der Waals surface area (Å²) in [4.78, 5) is 4.06. The van der Waals surface area contributed by atoms with Gasteiger partial charge in [0.1, 0.15) is 12.4 Å². The van der Waals surface area contributed by atoms with Gasteiger partial charge in [0.05, 0.1) is 19.5 Å². The molecule has 0 atom stereocenters. The van der Waals surface area contributed by atoms with E-state index in [9.17, 15) is 0 Å². The highest BCUT2D eigenvalue weighted by Gasteiger charge is 1.96. The van der Waals surface area contributed by atoms with Crippen LogP contribution in [0.4, 0.5) is 0 Å². The molecule has 2 rings (SSSR count). The molecule has 0 radical (unpaired) electrons. The van der Waals surface area contributed by atoms with Gasteiger partial charge in [-0.05, 0) is 18.2 Å². The van der Waals surface area contributed by atoms with Crippen molar-refractivity contribution in [3.8, 4) is 5.88 Å². The third-order valence-corrected chi connectivity index (χ3v) is 2.15. The highest BCUT2D eigenvalue weighted by Crippen LogP contribution is 2.04. The SMILES string of the molecule is c1ccc(OCCCOCc2ccco2)nc1. The molecule has 2 aromatic heterocycles. The molecule has 0 aromatic carbocycles. The van der Waals surface area contributed by atoms with Gasteiger partial charge in [0.2, 0.25) is 5.88 Å². The number of rotatable bonds is 7. The summed E-state index contributed by atoms with van der Waals surface area (Å²) in [5.74, 6) is 1.49. The number of ether oxygens (including phenoxy) is 2. The Morgan fingerprint density at radius 2 is 2.12 bits per heavy atom. The number of aromatic nitrogens is 1. The summed E-state index contributed by atoms with van der Waals surface area (Å²) in [7, 11) is 0. The second-order valence-corrected chi connectivity index (χ2v) is 3.50. The molecule has 2 aromatic rings. The van der Waals surface area contributed by atoms with E-state index in [1.807, 2.05) is 30.3 Å². The zero-order valence-electron chi connectivity index (χ0n) is 9.54. The summed E-state index contributed by atoms with van der Waals surface area (Å²) in [5, 5.41) is 0. The smallest absolute Gasteiger partial charge is 0.213 e. The van der Waals surface area contributed by atoms with Gasteiger partial charge < -0.3 is 13.9 Å². The van der Waals surface area contributed by atoms with Crippen LogP contribution in [0.1, 0.15) is 12.2 Å². The molecule has 0 aliphatic rings. The molecule has 0 aliphatic heterocycles. The average molecular weight is 233 g/mol. The van der Waals surface area contributed by atoms with Gasteiger partial charge in [-0.1, -0.05) is 6.07 Å². The van der Waals surface area contributed by atoms with Crippen LogP contribution < -0.4 is 4.74 Å². The summed E-state index contributed by atoms with van der Waals surface area (Å²) < 4.78 is 16.0. The highest BCUT2D eigenvalue weighted by atomic mass is 16.5. The first-order valence-electron chi connectivity index (χ1n) is 5.59. The van der Waals surface area contributed by atoms with Crippen molar-refractivity contribution in [3.05, 3.63) is 48.6 Å². The molecule has 2 heterocycles. The molecule has 4 heteroatoms. The van der Waals surface area contributed by atoms with Crippen molar-refractivity contribution in [2.24, 2.45) is 0 Å². The predicted octanol–water partition coefficient (Wildman–Crippen LogP) is 2.66. The summed E-state index contributed by atoms with van der Waals surface area (Å²) in [6, 6.07) is 9.34. The Morgan fingerprint density at radius 1 is 1.12 bits per heavy atom. The van der Waals surface area contributed by atoms with Crippen LogP contribution in [0, 0.1) is 0 Å². The van der Waals surface area contributed by atoms with Crippen LogP contribution >= 0.6 is 0 Å². The second kappa shape index (κ2) is 6.70. The van der Waals surface area contributed by atoms with Crippen LogP contribution in [0.2, 0.25) is 0 Å². The normalized spacial score (nSPS) is 10.4. The minimum Gasteiger partial charge on any atom is -0.478 e. The fourth-order valence-electron chi connectivity index (χ4n) is 1.34. The maximum atomic E-state index is 5.43. The Bertz CT molecular complexity index is 400. The molecule has 4 nitrogen and oxygen atoms in total. The molecule has 0 spiro atoms. The lowest BCUT2D eigenvalue weighted by Crippen LogP contribution is -2.03. The molecule has 0 saturated carbocycles. The van der Waals surface area contributed by atoms with Crippen LogP contribution in [0.25, 0.3) is 0 Å². The van der Waals surface area contributed by atoms with Gasteiger partial charge >= 0.3 is 0 Å². The number of hydrogen-bond acceptors (Lipinski definition) is 4. The lowest BCUT2D eigenvalue weighted by molar-refractivity contribution is 0.0939. The predicted molar refractivity (Wildman–Crippen MR) is 62.7 cm³/mol. The fourth-order valence-corrected chi connectivity index (χ4v) is 1.34. The Hall–Kier alpha value is -1.81. The number of furan rings is 1. The number of hydrogen-bond donors (Lipinski definition) is 0. The van der Waals surface area contributed by atoms with E-state index in [1.165, 1.54) is 0 Å². The number of pyridine rings is 1. The molecule has 0 fully saturated rings. The molecule has 17 heavy (non-hydrogen) atoms. The Balaban J connectivity index is 1.52. The standard InChI is InChI=1S/C13H15NO3/c1-2-7-14-13(6-1)17-10-4-8-15-11-12-5-3-9-16-12/h1-3,5-7,9H,4,8,10-11H2. The third-order valence-electron chi connectivity index (χ3n) is 2.15. The van der Waals surface area contributed by atoms with Crippen molar-refractivity contribution in [3.63, 3.8) is 0 Å². The van der Waals surface area contributed by atoms with Crippen molar-refractivity contribution in [1.29, 1.82) is 0 Å². The van der Waals surface area contributed by atoms with Crippen LogP contribution in [0.3, 0.4) is 0 Å². The van der Waals surface area contributed by atoms with Gasteiger partial charge in [0, 0.05) is 18.7 Å². The van der Waals surface area contributed by atoms with Gasteiger partial charge in [0.25, 0.3) is 0 Å². The topological polar surface area (TPSA) is 44.5 Å². The first kappa shape index (κ1) is 11.7. The van der Waals surface area contributed by atoms with Gasteiger partial charge in [-0.2, -0.15) is 0 Å². The molecule has 0 saturated heterocycles. The molecule has 90 valence electrons. The molecule has 0 unspecified atom stereocenters. The van der Waals surface area contributed by atoms with E-state index < -0.39 is 0 Å². The molecule has 0 amide bonds. The van der Waals surface area contributed by atoms with Crippen molar-refractivity contribution in [1.82, 2.24) is 4.98 Å². The van der Waals surface area contributed by atoms with Crippen molar-refractivity contribution in [2.45, 2.75) is 13.0 Å². The van der Waals surface area contributed by atoms with Crippen molar-refractivity contribution < 1.29 is 13.9 Å². The zero-order chi connectivity index (χ0) is 11.8. The maximum Gasteiger partial charge on any atom is 0.213 e. The van der Waals surface area contributed by atoms with E-state index in [-0.39, 0.29) is 0 Å². The van der Waals surface area contributed by atoms with Crippen LogP contribution in [0.15, 0.2) is 47.2 Å². The van der Waals surface area contributed by atoms with E-state index in [2.05, 4.69) is 4.98 Å².